The van der Waals surface area contributed by atoms with Gasteiger partial charge in [0.1, 0.15) is 6.54 Å². The van der Waals surface area contributed by atoms with Crippen LogP contribution in [-0.4, -0.2) is 45.0 Å². The molecule has 2 aliphatic rings. The molecule has 3 amide bonds. The van der Waals surface area contributed by atoms with Crippen LogP contribution in [0.15, 0.2) is 42.5 Å². The molecule has 3 atom stereocenters. The van der Waals surface area contributed by atoms with Crippen LogP contribution in [0.1, 0.15) is 58.0 Å². The third-order valence-electron chi connectivity index (χ3n) is 7.09. The van der Waals surface area contributed by atoms with E-state index in [1.54, 1.807) is 18.2 Å². The van der Waals surface area contributed by atoms with Crippen LogP contribution < -0.4 is 0 Å². The van der Waals surface area contributed by atoms with Gasteiger partial charge in [-0.05, 0) is 68.4 Å². The highest BCUT2D eigenvalue weighted by Gasteiger charge is 2.52. The van der Waals surface area contributed by atoms with Gasteiger partial charge in [-0.1, -0.05) is 19.1 Å². The number of hydrogen-bond donors (Lipinski definition) is 0. The first kappa shape index (κ1) is 24.3. The van der Waals surface area contributed by atoms with Crippen molar-refractivity contribution in [1.82, 2.24) is 10.0 Å². The number of nitro groups is 1. The number of amides is 3. The van der Waals surface area contributed by atoms with Gasteiger partial charge in [0.2, 0.25) is 0 Å². The lowest BCUT2D eigenvalue weighted by atomic mass is 9.76. The number of carbonyl (C=O) groups is 4. The zero-order chi connectivity index (χ0) is 25.4. The number of aryl methyl sites for hydroxylation is 2. The SMILES string of the molecule is Cc1ccc(C(=O)CN(C(=O)c2ccc([N+](=O)[O-])cc2)N2C(=O)[C@H]3C[C@H](C)CC[C@H]3C2=O)cc1C. The van der Waals surface area contributed by atoms with E-state index in [0.29, 0.717) is 18.4 Å². The number of carbonyl (C=O) groups excluding carboxylic acids is 4. The van der Waals surface area contributed by atoms with Gasteiger partial charge in [0.15, 0.2) is 5.78 Å². The highest BCUT2D eigenvalue weighted by Crippen LogP contribution is 2.41. The maximum atomic E-state index is 13.5. The molecule has 182 valence electrons. The van der Waals surface area contributed by atoms with E-state index in [1.807, 2.05) is 20.8 Å². The number of hydrazine groups is 1. The fourth-order valence-electron chi connectivity index (χ4n) is 4.86. The molecule has 0 radical (unpaired) electrons. The van der Waals surface area contributed by atoms with E-state index in [2.05, 4.69) is 0 Å². The number of rotatable bonds is 6. The number of hydrogen-bond acceptors (Lipinski definition) is 6. The maximum Gasteiger partial charge on any atom is 0.273 e. The number of fused-ring (bicyclic) bond motifs is 1. The summed E-state index contributed by atoms with van der Waals surface area (Å²) in [5, 5.41) is 12.8. The van der Waals surface area contributed by atoms with Crippen LogP contribution in [-0.2, 0) is 9.59 Å². The van der Waals surface area contributed by atoms with E-state index >= 15 is 0 Å². The Morgan fingerprint density at radius 2 is 1.60 bits per heavy atom. The molecular formula is C26H27N3O6. The van der Waals surface area contributed by atoms with Crippen LogP contribution >= 0.6 is 0 Å². The fourth-order valence-corrected chi connectivity index (χ4v) is 4.86. The predicted molar refractivity (Wildman–Crippen MR) is 126 cm³/mol. The van der Waals surface area contributed by atoms with E-state index < -0.39 is 46.8 Å². The van der Waals surface area contributed by atoms with Gasteiger partial charge in [-0.2, -0.15) is 5.01 Å². The Bertz CT molecular complexity index is 1220. The monoisotopic (exact) mass is 477 g/mol. The first-order valence-electron chi connectivity index (χ1n) is 11.6. The highest BCUT2D eigenvalue weighted by molar-refractivity contribution is 6.09. The van der Waals surface area contributed by atoms with Gasteiger partial charge in [0.05, 0.1) is 16.8 Å². The quantitative estimate of drug-likeness (QED) is 0.270. The number of imide groups is 1. The van der Waals surface area contributed by atoms with Crippen molar-refractivity contribution in [3.8, 4) is 0 Å². The Balaban J connectivity index is 1.70. The molecule has 1 aliphatic heterocycles. The number of non-ortho nitro benzene ring substituents is 1. The molecular weight excluding hydrogens is 450 g/mol. The topological polar surface area (TPSA) is 118 Å². The molecule has 9 nitrogen and oxygen atoms in total. The molecule has 1 aliphatic carbocycles. The second-order valence-electron chi connectivity index (χ2n) is 9.51. The van der Waals surface area contributed by atoms with Crippen LogP contribution in [0.5, 0.6) is 0 Å². The lowest BCUT2D eigenvalue weighted by molar-refractivity contribution is -0.384. The lowest BCUT2D eigenvalue weighted by Crippen LogP contribution is -2.52. The second-order valence-corrected chi connectivity index (χ2v) is 9.51. The molecule has 0 bridgehead atoms. The van der Waals surface area contributed by atoms with Crippen molar-refractivity contribution in [2.45, 2.75) is 40.0 Å². The molecule has 1 heterocycles. The second kappa shape index (κ2) is 9.40. The minimum absolute atomic E-state index is 0.0346. The summed E-state index contributed by atoms with van der Waals surface area (Å²) >= 11 is 0. The molecule has 0 aromatic heterocycles. The van der Waals surface area contributed by atoms with Crippen molar-refractivity contribution in [1.29, 1.82) is 0 Å². The largest absolute Gasteiger partial charge is 0.292 e. The number of ketones is 1. The Morgan fingerprint density at radius 1 is 0.971 bits per heavy atom. The lowest BCUT2D eigenvalue weighted by Gasteiger charge is -2.30. The van der Waals surface area contributed by atoms with Crippen molar-refractivity contribution in [3.63, 3.8) is 0 Å². The molecule has 0 spiro atoms. The summed E-state index contributed by atoms with van der Waals surface area (Å²) in [6.45, 7) is 5.30. The molecule has 1 saturated carbocycles. The van der Waals surface area contributed by atoms with E-state index in [1.165, 1.54) is 24.3 Å². The van der Waals surface area contributed by atoms with Gasteiger partial charge in [-0.25, -0.2) is 5.01 Å². The summed E-state index contributed by atoms with van der Waals surface area (Å²) in [4.78, 5) is 63.8. The molecule has 0 unspecified atom stereocenters. The first-order chi connectivity index (χ1) is 16.6. The summed E-state index contributed by atoms with van der Waals surface area (Å²) in [5.74, 6) is -2.87. The van der Waals surface area contributed by atoms with Gasteiger partial charge in [0.25, 0.3) is 23.4 Å². The third-order valence-corrected chi connectivity index (χ3v) is 7.09. The molecule has 0 N–H and O–H groups in total. The number of nitrogens with zero attached hydrogens (tertiary/aromatic N) is 3. The zero-order valence-corrected chi connectivity index (χ0v) is 19.9. The van der Waals surface area contributed by atoms with Crippen molar-refractivity contribution >= 4 is 29.2 Å². The minimum atomic E-state index is -0.745. The van der Waals surface area contributed by atoms with E-state index in [0.717, 1.165) is 27.6 Å². The molecule has 2 fully saturated rings. The third kappa shape index (κ3) is 4.58. The van der Waals surface area contributed by atoms with Crippen LogP contribution in [0.4, 0.5) is 5.69 Å². The van der Waals surface area contributed by atoms with Gasteiger partial charge >= 0.3 is 0 Å². The minimum Gasteiger partial charge on any atom is -0.292 e. The molecule has 2 aromatic rings. The number of nitro benzene ring substituents is 1. The zero-order valence-electron chi connectivity index (χ0n) is 19.9. The summed E-state index contributed by atoms with van der Waals surface area (Å²) in [7, 11) is 0. The number of benzene rings is 2. The summed E-state index contributed by atoms with van der Waals surface area (Å²) in [6.07, 6.45) is 1.92. The van der Waals surface area contributed by atoms with Crippen molar-refractivity contribution < 1.29 is 24.1 Å². The Kier molecular flexibility index (Phi) is 6.51. The van der Waals surface area contributed by atoms with E-state index in [4.69, 9.17) is 0 Å². The summed E-state index contributed by atoms with van der Waals surface area (Å²) < 4.78 is 0. The van der Waals surface area contributed by atoms with E-state index in [-0.39, 0.29) is 17.2 Å². The fraction of sp³-hybridized carbons (Fsp3) is 0.385. The Labute approximate surface area is 202 Å². The average Bonchev–Trinajstić information content (AvgIpc) is 3.07. The average molecular weight is 478 g/mol. The standard InChI is InChI=1S/C26H27N3O6/c1-15-4-11-21-22(12-15)26(33)28(25(21)32)27(14-23(30)19-6-5-16(2)17(3)13-19)24(31)18-7-9-20(10-8-18)29(34)35/h5-10,13,15,21-22H,4,11-12,14H2,1-3H3/t15-,21-,22+/m1/s1. The van der Waals surface area contributed by atoms with Crippen molar-refractivity contribution in [2.24, 2.45) is 17.8 Å². The molecule has 9 heteroatoms. The number of Topliss-reactive ketones (excluding diaryl/α,β-unsaturated/α-hetero) is 1. The highest BCUT2D eigenvalue weighted by atomic mass is 16.6. The van der Waals surface area contributed by atoms with Crippen LogP contribution in [0, 0.1) is 41.7 Å². The van der Waals surface area contributed by atoms with Crippen LogP contribution in [0.2, 0.25) is 0 Å². The van der Waals surface area contributed by atoms with Crippen LogP contribution in [0.3, 0.4) is 0 Å². The van der Waals surface area contributed by atoms with Crippen molar-refractivity contribution in [2.75, 3.05) is 6.54 Å². The van der Waals surface area contributed by atoms with E-state index in [9.17, 15) is 29.3 Å². The van der Waals surface area contributed by atoms with Crippen LogP contribution in [0.25, 0.3) is 0 Å². The molecule has 4 rings (SSSR count). The maximum absolute atomic E-state index is 13.5. The normalized spacial score (nSPS) is 21.6. The molecule has 35 heavy (non-hydrogen) atoms. The van der Waals surface area contributed by atoms with Gasteiger partial charge in [0, 0.05) is 23.3 Å². The predicted octanol–water partition coefficient (Wildman–Crippen LogP) is 3.87. The summed E-state index contributed by atoms with van der Waals surface area (Å²) in [6, 6.07) is 10.0. The smallest absolute Gasteiger partial charge is 0.273 e. The van der Waals surface area contributed by atoms with Gasteiger partial charge in [-0.15, -0.1) is 0 Å². The van der Waals surface area contributed by atoms with Crippen molar-refractivity contribution in [3.05, 3.63) is 74.8 Å². The van der Waals surface area contributed by atoms with Gasteiger partial charge in [-0.3, -0.25) is 29.3 Å². The molecule has 1 saturated heterocycles. The Morgan fingerprint density at radius 3 is 2.23 bits per heavy atom. The molecule has 2 aromatic carbocycles. The summed E-state index contributed by atoms with van der Waals surface area (Å²) in [5.41, 5.74) is 2.10. The first-order valence-corrected chi connectivity index (χ1v) is 11.6. The van der Waals surface area contributed by atoms with Gasteiger partial charge < -0.3 is 0 Å². The Hall–Kier alpha value is -3.88.